The van der Waals surface area contributed by atoms with E-state index in [9.17, 15) is 4.79 Å². The number of anilines is 1. The lowest BCUT2D eigenvalue weighted by molar-refractivity contribution is 0.0952. The van der Waals surface area contributed by atoms with E-state index in [4.69, 9.17) is 9.47 Å². The van der Waals surface area contributed by atoms with Gasteiger partial charge in [-0.05, 0) is 30.5 Å². The Labute approximate surface area is 154 Å². The van der Waals surface area contributed by atoms with Gasteiger partial charge in [-0.1, -0.05) is 19.4 Å². The van der Waals surface area contributed by atoms with Crippen molar-refractivity contribution in [2.45, 2.75) is 26.2 Å². The zero-order chi connectivity index (χ0) is 18.8. The van der Waals surface area contributed by atoms with Crippen LogP contribution < -0.4 is 20.1 Å². The van der Waals surface area contributed by atoms with Gasteiger partial charge < -0.3 is 20.1 Å². The Kier molecular flexibility index (Phi) is 7.67. The highest BCUT2D eigenvalue weighted by Crippen LogP contribution is 2.27. The molecule has 0 aliphatic carbocycles. The second-order valence-corrected chi connectivity index (χ2v) is 5.77. The summed E-state index contributed by atoms with van der Waals surface area (Å²) < 4.78 is 10.5. The summed E-state index contributed by atoms with van der Waals surface area (Å²) in [6.45, 7) is 3.41. The fourth-order valence-electron chi connectivity index (χ4n) is 2.37. The first kappa shape index (κ1) is 19.5. The Morgan fingerprint density at radius 2 is 1.81 bits per heavy atom. The molecule has 1 aromatic carbocycles. The van der Waals surface area contributed by atoms with Crippen molar-refractivity contribution < 1.29 is 14.3 Å². The number of nitrogens with one attached hydrogen (secondary N) is 2. The largest absolute Gasteiger partial charge is 0.493 e. The number of carbonyl (C=O) groups excluding carboxylic acids is 1. The van der Waals surface area contributed by atoms with Crippen LogP contribution in [0.4, 0.5) is 5.95 Å². The summed E-state index contributed by atoms with van der Waals surface area (Å²) in [7, 11) is 3.23. The molecule has 0 spiro atoms. The molecular weight excluding hydrogens is 332 g/mol. The maximum absolute atomic E-state index is 11.9. The van der Waals surface area contributed by atoms with Gasteiger partial charge in [-0.3, -0.25) is 4.79 Å². The fraction of sp³-hybridized carbons (Fsp3) is 0.421. The zero-order valence-corrected chi connectivity index (χ0v) is 15.5. The van der Waals surface area contributed by atoms with Crippen molar-refractivity contribution in [2.75, 3.05) is 32.6 Å². The van der Waals surface area contributed by atoms with Crippen LogP contribution in [-0.2, 0) is 6.42 Å². The van der Waals surface area contributed by atoms with Crippen molar-refractivity contribution in [3.8, 4) is 11.5 Å². The quantitative estimate of drug-likeness (QED) is 0.635. The molecule has 0 saturated carbocycles. The molecular formula is C19H26N4O3. The van der Waals surface area contributed by atoms with Crippen LogP contribution in [0.1, 0.15) is 35.7 Å². The van der Waals surface area contributed by atoms with Crippen LogP contribution in [-0.4, -0.2) is 43.2 Å². The number of aromatic nitrogens is 2. The first-order valence-corrected chi connectivity index (χ1v) is 8.73. The minimum Gasteiger partial charge on any atom is -0.493 e. The van der Waals surface area contributed by atoms with Crippen LogP contribution >= 0.6 is 0 Å². The molecule has 0 radical (unpaired) electrons. The topological polar surface area (TPSA) is 85.4 Å². The van der Waals surface area contributed by atoms with Gasteiger partial charge in [-0.2, -0.15) is 0 Å². The molecule has 0 fully saturated rings. The molecule has 0 aliphatic heterocycles. The molecule has 1 aromatic heterocycles. The number of nitrogens with zero attached hydrogens (tertiary/aromatic N) is 2. The summed E-state index contributed by atoms with van der Waals surface area (Å²) in [5.41, 5.74) is 1.58. The first-order valence-electron chi connectivity index (χ1n) is 8.73. The van der Waals surface area contributed by atoms with Crippen molar-refractivity contribution in [2.24, 2.45) is 0 Å². The maximum Gasteiger partial charge on any atom is 0.254 e. The van der Waals surface area contributed by atoms with Crippen molar-refractivity contribution in [3.05, 3.63) is 41.7 Å². The third kappa shape index (κ3) is 5.61. The number of rotatable bonds is 10. The van der Waals surface area contributed by atoms with E-state index in [2.05, 4.69) is 27.5 Å². The standard InChI is InChI=1S/C19H26N4O3/c1-4-5-9-20-18(24)15-12-22-19(23-13-15)21-10-8-14-6-7-16(25-2)17(11-14)26-3/h6-7,11-13H,4-5,8-10H2,1-3H3,(H,20,24)(H,21,22,23). The van der Waals surface area contributed by atoms with Gasteiger partial charge in [0.25, 0.3) is 5.91 Å². The summed E-state index contributed by atoms with van der Waals surface area (Å²) in [6, 6.07) is 5.83. The predicted octanol–water partition coefficient (Wildman–Crippen LogP) is 2.68. The number of amides is 1. The minimum atomic E-state index is -0.143. The maximum atomic E-state index is 11.9. The van der Waals surface area contributed by atoms with Gasteiger partial charge in [-0.25, -0.2) is 9.97 Å². The van der Waals surface area contributed by atoms with Crippen molar-refractivity contribution in [1.82, 2.24) is 15.3 Å². The average molecular weight is 358 g/mol. The molecule has 1 heterocycles. The van der Waals surface area contributed by atoms with Crippen LogP contribution in [0.25, 0.3) is 0 Å². The van der Waals surface area contributed by atoms with E-state index in [0.29, 0.717) is 36.1 Å². The Hall–Kier alpha value is -2.83. The van der Waals surface area contributed by atoms with Gasteiger partial charge >= 0.3 is 0 Å². The molecule has 0 bridgehead atoms. The molecule has 7 nitrogen and oxygen atoms in total. The zero-order valence-electron chi connectivity index (χ0n) is 15.5. The Morgan fingerprint density at radius 1 is 1.08 bits per heavy atom. The van der Waals surface area contributed by atoms with Gasteiger partial charge in [0.2, 0.25) is 5.95 Å². The van der Waals surface area contributed by atoms with Crippen molar-refractivity contribution in [3.63, 3.8) is 0 Å². The lowest BCUT2D eigenvalue weighted by Crippen LogP contribution is -2.24. The highest BCUT2D eigenvalue weighted by Gasteiger charge is 2.07. The second-order valence-electron chi connectivity index (χ2n) is 5.77. The highest BCUT2D eigenvalue weighted by atomic mass is 16.5. The number of hydrogen-bond acceptors (Lipinski definition) is 6. The molecule has 0 atom stereocenters. The lowest BCUT2D eigenvalue weighted by Gasteiger charge is -2.10. The van der Waals surface area contributed by atoms with Crippen LogP contribution in [0.3, 0.4) is 0 Å². The molecule has 1 amide bonds. The van der Waals surface area contributed by atoms with Crippen LogP contribution in [0.5, 0.6) is 11.5 Å². The normalized spacial score (nSPS) is 10.3. The van der Waals surface area contributed by atoms with E-state index < -0.39 is 0 Å². The SMILES string of the molecule is CCCCNC(=O)c1cnc(NCCc2ccc(OC)c(OC)c2)nc1. The van der Waals surface area contributed by atoms with Gasteiger partial charge in [0.15, 0.2) is 11.5 Å². The van der Waals surface area contributed by atoms with E-state index >= 15 is 0 Å². The number of ether oxygens (including phenoxy) is 2. The third-order valence-corrected chi connectivity index (χ3v) is 3.87. The van der Waals surface area contributed by atoms with Crippen molar-refractivity contribution in [1.29, 1.82) is 0 Å². The molecule has 7 heteroatoms. The molecule has 0 unspecified atom stereocenters. The average Bonchev–Trinajstić information content (AvgIpc) is 2.68. The molecule has 26 heavy (non-hydrogen) atoms. The number of methoxy groups -OCH3 is 2. The number of carbonyl (C=O) groups is 1. The van der Waals surface area contributed by atoms with Crippen LogP contribution in [0, 0.1) is 0 Å². The summed E-state index contributed by atoms with van der Waals surface area (Å²) in [4.78, 5) is 20.3. The van der Waals surface area contributed by atoms with Crippen LogP contribution in [0.2, 0.25) is 0 Å². The summed E-state index contributed by atoms with van der Waals surface area (Å²) in [6.07, 6.45) is 5.85. The second kappa shape index (κ2) is 10.2. The Morgan fingerprint density at radius 3 is 2.46 bits per heavy atom. The Balaban J connectivity index is 1.83. The van der Waals surface area contributed by atoms with Crippen molar-refractivity contribution >= 4 is 11.9 Å². The molecule has 2 N–H and O–H groups in total. The smallest absolute Gasteiger partial charge is 0.254 e. The van der Waals surface area contributed by atoms with Crippen LogP contribution in [0.15, 0.2) is 30.6 Å². The molecule has 140 valence electrons. The molecule has 2 aromatic rings. The number of hydrogen-bond donors (Lipinski definition) is 2. The Bertz CT molecular complexity index is 704. The first-order chi connectivity index (χ1) is 12.7. The highest BCUT2D eigenvalue weighted by molar-refractivity contribution is 5.93. The van der Waals surface area contributed by atoms with Gasteiger partial charge in [0.1, 0.15) is 0 Å². The van der Waals surface area contributed by atoms with E-state index in [0.717, 1.165) is 24.8 Å². The predicted molar refractivity (Wildman–Crippen MR) is 101 cm³/mol. The van der Waals surface area contributed by atoms with E-state index in [-0.39, 0.29) is 5.91 Å². The summed E-state index contributed by atoms with van der Waals surface area (Å²) >= 11 is 0. The van der Waals surface area contributed by atoms with E-state index in [1.165, 1.54) is 12.4 Å². The summed E-state index contributed by atoms with van der Waals surface area (Å²) in [5.74, 6) is 1.77. The lowest BCUT2D eigenvalue weighted by atomic mass is 10.1. The number of unbranched alkanes of at least 4 members (excludes halogenated alkanes) is 1. The van der Waals surface area contributed by atoms with Gasteiger partial charge in [0.05, 0.1) is 19.8 Å². The van der Waals surface area contributed by atoms with Gasteiger partial charge in [0, 0.05) is 25.5 Å². The minimum absolute atomic E-state index is 0.143. The number of benzene rings is 1. The fourth-order valence-corrected chi connectivity index (χ4v) is 2.37. The monoisotopic (exact) mass is 358 g/mol. The summed E-state index contributed by atoms with van der Waals surface area (Å²) in [5, 5.41) is 5.99. The molecule has 2 rings (SSSR count). The molecule has 0 aliphatic rings. The van der Waals surface area contributed by atoms with E-state index in [1.54, 1.807) is 14.2 Å². The molecule has 0 saturated heterocycles. The van der Waals surface area contributed by atoms with Gasteiger partial charge in [-0.15, -0.1) is 0 Å². The van der Waals surface area contributed by atoms with E-state index in [1.807, 2.05) is 18.2 Å². The third-order valence-electron chi connectivity index (χ3n) is 3.87.